The summed E-state index contributed by atoms with van der Waals surface area (Å²) in [4.78, 5) is 13.6. The van der Waals surface area contributed by atoms with Gasteiger partial charge in [-0.05, 0) is 17.7 Å². The van der Waals surface area contributed by atoms with Crippen LogP contribution in [0.4, 0.5) is 0 Å². The van der Waals surface area contributed by atoms with E-state index in [4.69, 9.17) is 0 Å². The molecule has 70 valence electrons. The van der Waals surface area contributed by atoms with Gasteiger partial charge in [-0.2, -0.15) is 0 Å². The fraction of sp³-hybridized carbons (Fsp3) is 0. The number of aromatic amines is 1. The van der Waals surface area contributed by atoms with Crippen molar-refractivity contribution in [2.75, 3.05) is 0 Å². The number of benzene rings is 1. The van der Waals surface area contributed by atoms with Crippen LogP contribution in [-0.4, -0.2) is 10.1 Å². The van der Waals surface area contributed by atoms with Crippen LogP contribution in [0, 0.1) is 0 Å². The van der Waals surface area contributed by atoms with E-state index >= 15 is 0 Å². The van der Waals surface area contributed by atoms with Gasteiger partial charge in [-0.25, -0.2) is 0 Å². The van der Waals surface area contributed by atoms with Crippen LogP contribution >= 0.6 is 0 Å². The number of aromatic nitrogens is 1. The summed E-state index contributed by atoms with van der Waals surface area (Å²) in [6.07, 6.45) is 1.56. The molecule has 2 rings (SSSR count). The summed E-state index contributed by atoms with van der Waals surface area (Å²) in [6, 6.07) is 10.1. The summed E-state index contributed by atoms with van der Waals surface area (Å²) in [6.45, 7) is 0. The van der Waals surface area contributed by atoms with Crippen LogP contribution in [0.15, 0.2) is 47.4 Å². The molecule has 0 spiro atoms. The van der Waals surface area contributed by atoms with E-state index in [1.165, 1.54) is 6.07 Å². The van der Waals surface area contributed by atoms with Crippen molar-refractivity contribution in [3.05, 3.63) is 52.9 Å². The van der Waals surface area contributed by atoms with Crippen LogP contribution in [0.5, 0.6) is 5.75 Å². The van der Waals surface area contributed by atoms with Gasteiger partial charge in [-0.15, -0.1) is 0 Å². The smallest absolute Gasteiger partial charge is 0.248 e. The van der Waals surface area contributed by atoms with Gasteiger partial charge in [0.15, 0.2) is 0 Å². The lowest BCUT2D eigenvalue weighted by Gasteiger charge is -2.02. The van der Waals surface area contributed by atoms with Gasteiger partial charge < -0.3 is 10.1 Å². The minimum Gasteiger partial charge on any atom is -0.507 e. The predicted octanol–water partition coefficient (Wildman–Crippen LogP) is 1.75. The second-order valence-electron chi connectivity index (χ2n) is 2.96. The van der Waals surface area contributed by atoms with E-state index in [0.717, 1.165) is 0 Å². The normalized spacial score (nSPS) is 10.0. The number of phenolic OH excluding ortho intramolecular Hbond substituents is 1. The van der Waals surface area contributed by atoms with Crippen LogP contribution in [0.25, 0.3) is 11.1 Å². The van der Waals surface area contributed by atoms with E-state index in [1.54, 1.807) is 30.5 Å². The summed E-state index contributed by atoms with van der Waals surface area (Å²) in [7, 11) is 0. The number of nitrogens with one attached hydrogen (secondary N) is 1. The Morgan fingerprint density at radius 2 is 1.93 bits per heavy atom. The molecule has 0 radical (unpaired) electrons. The van der Waals surface area contributed by atoms with Gasteiger partial charge in [0.1, 0.15) is 5.75 Å². The van der Waals surface area contributed by atoms with Crippen LogP contribution in [0.2, 0.25) is 0 Å². The first-order chi connectivity index (χ1) is 6.77. The number of para-hydroxylation sites is 1. The molecule has 0 aliphatic rings. The van der Waals surface area contributed by atoms with Gasteiger partial charge in [0.05, 0.1) is 0 Å². The Labute approximate surface area is 80.7 Å². The summed E-state index contributed by atoms with van der Waals surface area (Å²) in [5.41, 5.74) is 1.20. The van der Waals surface area contributed by atoms with Crippen molar-refractivity contribution in [3.8, 4) is 16.9 Å². The molecule has 0 amide bonds. The third-order valence-electron chi connectivity index (χ3n) is 1.99. The molecule has 14 heavy (non-hydrogen) atoms. The van der Waals surface area contributed by atoms with Gasteiger partial charge >= 0.3 is 0 Å². The molecule has 0 atom stereocenters. The van der Waals surface area contributed by atoms with Gasteiger partial charge in [0.2, 0.25) is 5.56 Å². The number of H-pyrrole nitrogens is 1. The number of pyridine rings is 1. The van der Waals surface area contributed by atoms with Crippen molar-refractivity contribution < 1.29 is 5.11 Å². The molecule has 3 nitrogen and oxygen atoms in total. The van der Waals surface area contributed by atoms with E-state index in [9.17, 15) is 9.90 Å². The molecule has 0 aliphatic heterocycles. The highest BCUT2D eigenvalue weighted by molar-refractivity contribution is 5.69. The van der Waals surface area contributed by atoms with E-state index in [2.05, 4.69) is 4.98 Å². The second kappa shape index (κ2) is 3.38. The quantitative estimate of drug-likeness (QED) is 0.714. The largest absolute Gasteiger partial charge is 0.507 e. The molecule has 0 fully saturated rings. The van der Waals surface area contributed by atoms with E-state index in [0.29, 0.717) is 11.1 Å². The first-order valence-electron chi connectivity index (χ1n) is 4.24. The Hall–Kier alpha value is -2.03. The molecular weight excluding hydrogens is 178 g/mol. The van der Waals surface area contributed by atoms with Crippen molar-refractivity contribution in [1.82, 2.24) is 4.98 Å². The average molecular weight is 187 g/mol. The monoisotopic (exact) mass is 187 g/mol. The summed E-state index contributed by atoms with van der Waals surface area (Å²) in [5.74, 6) is 0.179. The average Bonchev–Trinajstić information content (AvgIpc) is 2.18. The molecule has 2 aromatic rings. The van der Waals surface area contributed by atoms with Crippen molar-refractivity contribution in [1.29, 1.82) is 0 Å². The fourth-order valence-electron chi connectivity index (χ4n) is 1.33. The highest BCUT2D eigenvalue weighted by Gasteiger charge is 2.02. The zero-order chi connectivity index (χ0) is 9.97. The van der Waals surface area contributed by atoms with Crippen LogP contribution in [0.3, 0.4) is 0 Å². The molecule has 1 aromatic carbocycles. The molecule has 0 bridgehead atoms. The summed E-state index contributed by atoms with van der Waals surface area (Å²) < 4.78 is 0. The van der Waals surface area contributed by atoms with E-state index < -0.39 is 0 Å². The first kappa shape index (κ1) is 8.56. The predicted molar refractivity (Wildman–Crippen MR) is 54.2 cm³/mol. The van der Waals surface area contributed by atoms with Gasteiger partial charge in [0.25, 0.3) is 0 Å². The van der Waals surface area contributed by atoms with E-state index in [1.807, 2.05) is 6.07 Å². The first-order valence-corrected chi connectivity index (χ1v) is 4.24. The minimum absolute atomic E-state index is 0.175. The maximum absolute atomic E-state index is 11.0. The van der Waals surface area contributed by atoms with Crippen molar-refractivity contribution in [2.24, 2.45) is 0 Å². The Morgan fingerprint density at radius 3 is 2.64 bits per heavy atom. The fourth-order valence-corrected chi connectivity index (χ4v) is 1.33. The Kier molecular flexibility index (Phi) is 2.07. The molecular formula is C11H9NO2. The summed E-state index contributed by atoms with van der Waals surface area (Å²) >= 11 is 0. The number of hydrogen-bond acceptors (Lipinski definition) is 2. The number of rotatable bonds is 1. The number of aromatic hydroxyl groups is 1. The Bertz CT molecular complexity index is 502. The molecule has 0 saturated heterocycles. The molecule has 0 saturated carbocycles. The third-order valence-corrected chi connectivity index (χ3v) is 1.99. The molecule has 0 aliphatic carbocycles. The SMILES string of the molecule is O=c1cc(-c2ccccc2O)cc[nH]1. The van der Waals surface area contributed by atoms with Crippen molar-refractivity contribution >= 4 is 0 Å². The van der Waals surface area contributed by atoms with Crippen molar-refractivity contribution in [3.63, 3.8) is 0 Å². The van der Waals surface area contributed by atoms with Crippen LogP contribution in [-0.2, 0) is 0 Å². The Balaban J connectivity index is 2.61. The third kappa shape index (κ3) is 1.52. The lowest BCUT2D eigenvalue weighted by atomic mass is 10.1. The van der Waals surface area contributed by atoms with Crippen molar-refractivity contribution in [2.45, 2.75) is 0 Å². The van der Waals surface area contributed by atoms with E-state index in [-0.39, 0.29) is 11.3 Å². The minimum atomic E-state index is -0.175. The van der Waals surface area contributed by atoms with Crippen LogP contribution < -0.4 is 5.56 Å². The lowest BCUT2D eigenvalue weighted by molar-refractivity contribution is 0.477. The zero-order valence-electron chi connectivity index (χ0n) is 7.40. The number of phenols is 1. The molecule has 3 heteroatoms. The van der Waals surface area contributed by atoms with Crippen LogP contribution in [0.1, 0.15) is 0 Å². The standard InChI is InChI=1S/C11H9NO2/c13-10-4-2-1-3-9(10)8-5-6-12-11(14)7-8/h1-7,13H,(H,12,14). The maximum Gasteiger partial charge on any atom is 0.248 e. The highest BCUT2D eigenvalue weighted by Crippen LogP contribution is 2.26. The van der Waals surface area contributed by atoms with Gasteiger partial charge in [-0.3, -0.25) is 4.79 Å². The van der Waals surface area contributed by atoms with Gasteiger partial charge in [-0.1, -0.05) is 18.2 Å². The number of hydrogen-bond donors (Lipinski definition) is 2. The molecule has 1 aromatic heterocycles. The zero-order valence-corrected chi connectivity index (χ0v) is 7.40. The Morgan fingerprint density at radius 1 is 1.14 bits per heavy atom. The molecule has 1 heterocycles. The molecule has 2 N–H and O–H groups in total. The lowest BCUT2D eigenvalue weighted by Crippen LogP contribution is -2.01. The van der Waals surface area contributed by atoms with Gasteiger partial charge in [0, 0.05) is 17.8 Å². The topological polar surface area (TPSA) is 53.1 Å². The summed E-state index contributed by atoms with van der Waals surface area (Å²) in [5, 5.41) is 9.54. The second-order valence-corrected chi connectivity index (χ2v) is 2.96. The molecule has 0 unspecified atom stereocenters. The highest BCUT2D eigenvalue weighted by atomic mass is 16.3. The maximum atomic E-state index is 11.0.